The molecule has 0 aromatic carbocycles. The van der Waals surface area contributed by atoms with Gasteiger partial charge in [-0.05, 0) is 0 Å². The van der Waals surface area contributed by atoms with Gasteiger partial charge in [-0.3, -0.25) is 23.7 Å². The van der Waals surface area contributed by atoms with E-state index in [1.807, 2.05) is 0 Å². The molecule has 3 N–H and O–H groups in total. The van der Waals surface area contributed by atoms with E-state index in [1.54, 1.807) is 22.9 Å². The van der Waals surface area contributed by atoms with Crippen molar-refractivity contribution in [2.45, 2.75) is 6.17 Å². The van der Waals surface area contributed by atoms with Gasteiger partial charge in [0.1, 0.15) is 11.9 Å². The number of fused-ring (bicyclic) bond motifs is 1. The summed E-state index contributed by atoms with van der Waals surface area (Å²) >= 11 is 1.33. The Morgan fingerprint density at radius 2 is 1.94 bits per heavy atom. The summed E-state index contributed by atoms with van der Waals surface area (Å²) in [5, 5.41) is 4.78. The second-order valence-electron chi connectivity index (χ2n) is 3.59. The van der Waals surface area contributed by atoms with Crippen LogP contribution in [0.25, 0.3) is 0 Å². The summed E-state index contributed by atoms with van der Waals surface area (Å²) in [6.07, 6.45) is 4.17. The summed E-state index contributed by atoms with van der Waals surface area (Å²) < 4.78 is 4.71. The van der Waals surface area contributed by atoms with Gasteiger partial charge < -0.3 is 15.4 Å². The van der Waals surface area contributed by atoms with Crippen LogP contribution in [0, 0.1) is 0 Å². The molecule has 0 aromatic heterocycles. The van der Waals surface area contributed by atoms with Gasteiger partial charge in [0.25, 0.3) is 11.8 Å². The Kier molecular flexibility index (Phi) is 2.33. The van der Waals surface area contributed by atoms with E-state index >= 15 is 0 Å². The minimum Gasteiger partial charge on any atom is -0.323 e. The second-order valence-corrected chi connectivity index (χ2v) is 4.40. The van der Waals surface area contributed by atoms with E-state index < -0.39 is 23.8 Å². The highest BCUT2D eigenvalue weighted by atomic mass is 32.2. The number of carbonyl (C=O) groups is 3. The first-order chi connectivity index (χ1) is 8.66. The van der Waals surface area contributed by atoms with E-state index in [4.69, 9.17) is 0 Å². The lowest BCUT2D eigenvalue weighted by molar-refractivity contribution is -0.148. The van der Waals surface area contributed by atoms with Gasteiger partial charge in [0.2, 0.25) is 0 Å². The Balaban J connectivity index is 1.89. The fourth-order valence-electron chi connectivity index (χ4n) is 1.68. The monoisotopic (exact) mass is 265 g/mol. The van der Waals surface area contributed by atoms with Gasteiger partial charge in [-0.25, -0.2) is 0 Å². The molecule has 3 rings (SSSR count). The summed E-state index contributed by atoms with van der Waals surface area (Å²) in [7, 11) is 0. The molecule has 92 valence electrons. The first-order valence-electron chi connectivity index (χ1n) is 4.99. The normalized spacial score (nSPS) is 22.9. The Bertz CT molecular complexity index is 532. The maximum atomic E-state index is 11.3. The van der Waals surface area contributed by atoms with Crippen molar-refractivity contribution >= 4 is 35.4 Å². The Hall–Kier alpha value is -2.29. The highest BCUT2D eigenvalue weighted by Gasteiger charge is 2.38. The van der Waals surface area contributed by atoms with Crippen LogP contribution in [0.15, 0.2) is 29.3 Å². The second kappa shape index (κ2) is 3.88. The fraction of sp³-hybridized carbons (Fsp3) is 0.111. The van der Waals surface area contributed by atoms with Crippen LogP contribution in [0.2, 0.25) is 0 Å². The smallest absolute Gasteiger partial charge is 0.307 e. The van der Waals surface area contributed by atoms with Gasteiger partial charge in [0, 0.05) is 18.6 Å². The lowest BCUT2D eigenvalue weighted by Gasteiger charge is -2.28. The summed E-state index contributed by atoms with van der Waals surface area (Å²) in [4.78, 5) is 37.8. The van der Waals surface area contributed by atoms with Crippen LogP contribution >= 0.6 is 12.1 Å². The molecule has 2 amide bonds. The maximum absolute atomic E-state index is 11.3. The van der Waals surface area contributed by atoms with Crippen molar-refractivity contribution in [3.8, 4) is 0 Å². The van der Waals surface area contributed by atoms with Crippen molar-refractivity contribution in [3.05, 3.63) is 24.3 Å². The van der Waals surface area contributed by atoms with E-state index in [9.17, 15) is 14.4 Å². The molecule has 18 heavy (non-hydrogen) atoms. The average molecular weight is 265 g/mol. The molecule has 3 aliphatic heterocycles. The quantitative estimate of drug-likeness (QED) is 0.388. The summed E-state index contributed by atoms with van der Waals surface area (Å²) in [5.74, 6) is -2.94. The number of nitrogens with one attached hydrogen (secondary N) is 3. The number of ketones is 1. The molecule has 0 atom stereocenters. The molecular weight excluding hydrogens is 258 g/mol. The first-order valence-corrected chi connectivity index (χ1v) is 5.76. The summed E-state index contributed by atoms with van der Waals surface area (Å²) in [6, 6.07) is 0. The zero-order chi connectivity index (χ0) is 12.7. The molecule has 0 aromatic rings. The first kappa shape index (κ1) is 10.8. The number of carbonyl (C=O) groups excluding carboxylic acids is 3. The predicted molar refractivity (Wildman–Crippen MR) is 62.3 cm³/mol. The van der Waals surface area contributed by atoms with Crippen LogP contribution in [-0.2, 0) is 14.4 Å². The third kappa shape index (κ3) is 1.56. The zero-order valence-electron chi connectivity index (χ0n) is 8.84. The molecule has 3 heterocycles. The summed E-state index contributed by atoms with van der Waals surface area (Å²) in [5.41, 5.74) is 1.17. The molecule has 8 nitrogen and oxygen atoms in total. The molecule has 1 fully saturated rings. The molecule has 1 saturated heterocycles. The Morgan fingerprint density at radius 1 is 1.22 bits per heavy atom. The SMILES string of the molecule is O=C1NC(C2=NC=CN3SNC=C23)NC(=O)C1=O. The Labute approximate surface area is 105 Å². The lowest BCUT2D eigenvalue weighted by atomic mass is 10.1. The summed E-state index contributed by atoms with van der Waals surface area (Å²) in [6.45, 7) is 0. The van der Waals surface area contributed by atoms with Crippen molar-refractivity contribution in [1.82, 2.24) is 19.7 Å². The maximum Gasteiger partial charge on any atom is 0.307 e. The molecule has 0 bridgehead atoms. The number of Topliss-reactive ketones (excluding diaryl/α,β-unsaturated/α-hetero) is 1. The largest absolute Gasteiger partial charge is 0.323 e. The van der Waals surface area contributed by atoms with Gasteiger partial charge in [-0.15, -0.1) is 0 Å². The van der Waals surface area contributed by atoms with E-state index in [-0.39, 0.29) is 0 Å². The number of amides is 2. The van der Waals surface area contributed by atoms with Crippen LogP contribution in [0.3, 0.4) is 0 Å². The van der Waals surface area contributed by atoms with E-state index in [0.717, 1.165) is 0 Å². The van der Waals surface area contributed by atoms with Gasteiger partial charge in [0.05, 0.1) is 17.8 Å². The number of aliphatic imine (C=N–C) groups is 1. The number of hydrogen-bond donors (Lipinski definition) is 3. The van der Waals surface area contributed by atoms with Gasteiger partial charge >= 0.3 is 5.78 Å². The molecule has 0 saturated carbocycles. The standard InChI is InChI=1S/C9H7N5O3S/c15-6-8(16)12-7(13-9(6)17)5-4-3-11-18-14(4)2-1-10-5/h1-3,7,11H,(H,12,16)(H,13,17). The number of hydrogen-bond acceptors (Lipinski definition) is 7. The average Bonchev–Trinajstić information content (AvgIpc) is 2.83. The van der Waals surface area contributed by atoms with Crippen LogP contribution < -0.4 is 15.4 Å². The van der Waals surface area contributed by atoms with Crippen LogP contribution in [0.1, 0.15) is 0 Å². The molecule has 9 heteroatoms. The minimum absolute atomic E-state index is 0.462. The lowest BCUT2D eigenvalue weighted by Crippen LogP contribution is -2.63. The van der Waals surface area contributed by atoms with E-state index in [2.05, 4.69) is 20.3 Å². The third-order valence-corrected chi connectivity index (χ3v) is 3.24. The zero-order valence-corrected chi connectivity index (χ0v) is 9.65. The van der Waals surface area contributed by atoms with Gasteiger partial charge in [0.15, 0.2) is 0 Å². The van der Waals surface area contributed by atoms with Crippen LogP contribution in [-0.4, -0.2) is 33.8 Å². The van der Waals surface area contributed by atoms with Crippen molar-refractivity contribution in [2.75, 3.05) is 0 Å². The molecule has 0 radical (unpaired) electrons. The van der Waals surface area contributed by atoms with Crippen molar-refractivity contribution in [2.24, 2.45) is 4.99 Å². The van der Waals surface area contributed by atoms with Gasteiger partial charge in [-0.1, -0.05) is 0 Å². The third-order valence-electron chi connectivity index (χ3n) is 2.50. The highest BCUT2D eigenvalue weighted by Crippen LogP contribution is 2.26. The van der Waals surface area contributed by atoms with Crippen molar-refractivity contribution < 1.29 is 14.4 Å². The fourth-order valence-corrected chi connectivity index (χ4v) is 2.32. The molecule has 3 aliphatic rings. The number of nitrogens with zero attached hydrogens (tertiary/aromatic N) is 2. The minimum atomic E-state index is -1.09. The molecule has 0 spiro atoms. The highest BCUT2D eigenvalue weighted by molar-refractivity contribution is 7.95. The molecule has 0 unspecified atom stereocenters. The van der Waals surface area contributed by atoms with Crippen LogP contribution in [0.4, 0.5) is 0 Å². The molecular formula is C9H7N5O3S. The van der Waals surface area contributed by atoms with Crippen LogP contribution in [0.5, 0.6) is 0 Å². The Morgan fingerprint density at radius 3 is 2.67 bits per heavy atom. The molecule has 0 aliphatic carbocycles. The van der Waals surface area contributed by atoms with Crippen molar-refractivity contribution in [3.63, 3.8) is 0 Å². The topological polar surface area (TPSA) is 103 Å². The van der Waals surface area contributed by atoms with Gasteiger partial charge in [-0.2, -0.15) is 0 Å². The number of rotatable bonds is 1. The van der Waals surface area contributed by atoms with E-state index in [0.29, 0.717) is 11.4 Å². The van der Waals surface area contributed by atoms with E-state index in [1.165, 1.54) is 12.1 Å². The van der Waals surface area contributed by atoms with Crippen molar-refractivity contribution in [1.29, 1.82) is 0 Å². The predicted octanol–water partition coefficient (Wildman–Crippen LogP) is -1.64.